The van der Waals surface area contributed by atoms with Gasteiger partial charge in [0.05, 0.1) is 0 Å². The van der Waals surface area contributed by atoms with Crippen molar-refractivity contribution in [3.8, 4) is 0 Å². The van der Waals surface area contributed by atoms with E-state index in [2.05, 4.69) is 10.6 Å². The van der Waals surface area contributed by atoms with Crippen molar-refractivity contribution in [3.05, 3.63) is 143 Å². The number of anilines is 2. The van der Waals surface area contributed by atoms with Crippen LogP contribution in [0.2, 0.25) is 0 Å². The van der Waals surface area contributed by atoms with Crippen LogP contribution in [-0.4, -0.2) is 31.7 Å². The number of aryl methyl sites for hydroxylation is 1. The highest BCUT2D eigenvalue weighted by Gasteiger charge is 2.15. The van der Waals surface area contributed by atoms with Crippen LogP contribution in [0, 0.1) is 6.92 Å². The summed E-state index contributed by atoms with van der Waals surface area (Å²) in [5, 5.41) is 5.55. The van der Waals surface area contributed by atoms with Crippen molar-refractivity contribution >= 4 is 41.1 Å². The summed E-state index contributed by atoms with van der Waals surface area (Å²) in [5.74, 6) is -1.02. The Morgan fingerprint density at radius 3 is 2.08 bits per heavy atom. The van der Waals surface area contributed by atoms with E-state index in [0.29, 0.717) is 16.8 Å². The van der Waals surface area contributed by atoms with Crippen molar-refractivity contribution in [2.24, 2.45) is 0 Å². The quantitative estimate of drug-likeness (QED) is 0.195. The Bertz CT molecular complexity index is 1550. The van der Waals surface area contributed by atoms with Gasteiger partial charge in [0.25, 0.3) is 11.8 Å². The summed E-state index contributed by atoms with van der Waals surface area (Å²) in [6, 6.07) is 30.9. The molecule has 0 aromatic heterocycles. The topological polar surface area (TPSA) is 78.5 Å². The number of benzene rings is 4. The maximum absolute atomic E-state index is 13.2. The monoisotopic (exact) mass is 529 g/mol. The molecular formula is C34H31N3O3. The van der Waals surface area contributed by atoms with Crippen molar-refractivity contribution in [3.63, 3.8) is 0 Å². The Morgan fingerprint density at radius 1 is 0.725 bits per heavy atom. The third kappa shape index (κ3) is 7.65. The minimum atomic E-state index is -0.481. The van der Waals surface area contributed by atoms with Gasteiger partial charge in [-0.15, -0.1) is 0 Å². The standard InChI is InChI=1S/C34H31N3O3/c1-24-8-7-9-26(22-24)23-31(36-33(39)28-10-5-4-6-11-28)34(40)35-29-17-15-27(16-18-29)32(38)21-14-25-12-19-30(20-13-25)37(2)3/h4-23H,1-3H3,(H,35,40)(H,36,39)/b21-14+,31-23-. The fraction of sp³-hybridized carbons (Fsp3) is 0.0882. The van der Waals surface area contributed by atoms with E-state index in [9.17, 15) is 14.4 Å². The normalized spacial score (nSPS) is 11.2. The number of carbonyl (C=O) groups is 3. The second-order valence-corrected chi connectivity index (χ2v) is 9.51. The zero-order valence-electron chi connectivity index (χ0n) is 22.7. The summed E-state index contributed by atoms with van der Waals surface area (Å²) in [6.45, 7) is 1.96. The lowest BCUT2D eigenvalue weighted by atomic mass is 10.1. The van der Waals surface area contributed by atoms with Crippen LogP contribution in [0.15, 0.2) is 115 Å². The summed E-state index contributed by atoms with van der Waals surface area (Å²) < 4.78 is 0. The molecule has 0 saturated heterocycles. The Balaban J connectivity index is 1.47. The SMILES string of the molecule is Cc1cccc(/C=C(\NC(=O)c2ccccc2)C(=O)Nc2ccc(C(=O)/C=C/c3ccc(N(C)C)cc3)cc2)c1. The van der Waals surface area contributed by atoms with E-state index in [4.69, 9.17) is 0 Å². The van der Waals surface area contributed by atoms with Crippen LogP contribution in [0.5, 0.6) is 0 Å². The lowest BCUT2D eigenvalue weighted by Crippen LogP contribution is -2.30. The number of hydrogen-bond acceptors (Lipinski definition) is 4. The summed E-state index contributed by atoms with van der Waals surface area (Å²) in [6.07, 6.45) is 4.94. The first-order valence-corrected chi connectivity index (χ1v) is 12.8. The van der Waals surface area contributed by atoms with E-state index < -0.39 is 11.8 Å². The third-order valence-corrected chi connectivity index (χ3v) is 6.15. The highest BCUT2D eigenvalue weighted by molar-refractivity contribution is 6.11. The van der Waals surface area contributed by atoms with Gasteiger partial charge in [0.15, 0.2) is 5.78 Å². The van der Waals surface area contributed by atoms with Crippen LogP contribution in [0.4, 0.5) is 11.4 Å². The van der Waals surface area contributed by atoms with E-state index in [1.54, 1.807) is 60.7 Å². The number of hydrogen-bond donors (Lipinski definition) is 2. The number of rotatable bonds is 9. The molecule has 0 aliphatic heterocycles. The molecular weight excluding hydrogens is 498 g/mol. The molecule has 0 fully saturated rings. The van der Waals surface area contributed by atoms with Crippen LogP contribution in [-0.2, 0) is 4.79 Å². The number of nitrogens with zero attached hydrogens (tertiary/aromatic N) is 1. The second-order valence-electron chi connectivity index (χ2n) is 9.51. The summed E-state index contributed by atoms with van der Waals surface area (Å²) in [7, 11) is 3.95. The Hall–Kier alpha value is -5.23. The molecule has 6 heteroatoms. The Labute approximate surface area is 234 Å². The first-order chi connectivity index (χ1) is 19.3. The molecule has 0 saturated carbocycles. The minimum Gasteiger partial charge on any atom is -0.378 e. The van der Waals surface area contributed by atoms with E-state index in [0.717, 1.165) is 22.4 Å². The van der Waals surface area contributed by atoms with Gasteiger partial charge in [-0.2, -0.15) is 0 Å². The Kier molecular flexibility index (Phi) is 9.05. The van der Waals surface area contributed by atoms with Gasteiger partial charge in [-0.05, 0) is 78.7 Å². The molecule has 0 bridgehead atoms. The molecule has 0 atom stereocenters. The van der Waals surface area contributed by atoms with E-state index in [-0.39, 0.29) is 11.5 Å². The van der Waals surface area contributed by atoms with Crippen LogP contribution >= 0.6 is 0 Å². The molecule has 0 aliphatic rings. The van der Waals surface area contributed by atoms with Crippen molar-refractivity contribution in [1.82, 2.24) is 5.32 Å². The molecule has 0 spiro atoms. The minimum absolute atomic E-state index is 0.0998. The maximum Gasteiger partial charge on any atom is 0.272 e. The van der Waals surface area contributed by atoms with Crippen molar-refractivity contribution in [1.29, 1.82) is 0 Å². The molecule has 40 heavy (non-hydrogen) atoms. The van der Waals surface area contributed by atoms with Crippen LogP contribution in [0.1, 0.15) is 37.4 Å². The lowest BCUT2D eigenvalue weighted by molar-refractivity contribution is -0.113. The van der Waals surface area contributed by atoms with Crippen LogP contribution < -0.4 is 15.5 Å². The molecule has 0 radical (unpaired) electrons. The summed E-state index contributed by atoms with van der Waals surface area (Å²) in [5.41, 5.74) is 5.34. The van der Waals surface area contributed by atoms with Gasteiger partial charge in [0.2, 0.25) is 0 Å². The number of carbonyl (C=O) groups excluding carboxylic acids is 3. The predicted octanol–water partition coefficient (Wildman–Crippen LogP) is 6.37. The second kappa shape index (κ2) is 13.0. The van der Waals surface area contributed by atoms with E-state index >= 15 is 0 Å². The highest BCUT2D eigenvalue weighted by atomic mass is 16.2. The summed E-state index contributed by atoms with van der Waals surface area (Å²) in [4.78, 5) is 40.8. The predicted molar refractivity (Wildman–Crippen MR) is 162 cm³/mol. The molecule has 4 rings (SSSR count). The van der Waals surface area contributed by atoms with Gasteiger partial charge >= 0.3 is 0 Å². The van der Waals surface area contributed by atoms with Crippen molar-refractivity contribution < 1.29 is 14.4 Å². The van der Waals surface area contributed by atoms with Gasteiger partial charge in [-0.25, -0.2) is 0 Å². The molecule has 6 nitrogen and oxygen atoms in total. The maximum atomic E-state index is 13.2. The fourth-order valence-electron chi connectivity index (χ4n) is 3.94. The molecule has 0 aliphatic carbocycles. The smallest absolute Gasteiger partial charge is 0.272 e. The fourth-order valence-corrected chi connectivity index (χ4v) is 3.94. The van der Waals surface area contributed by atoms with Gasteiger partial charge in [-0.3, -0.25) is 14.4 Å². The average molecular weight is 530 g/mol. The first kappa shape index (κ1) is 27.8. The number of amides is 2. The van der Waals surface area contributed by atoms with Gasteiger partial charge in [-0.1, -0.05) is 66.2 Å². The largest absolute Gasteiger partial charge is 0.378 e. The molecule has 4 aromatic carbocycles. The first-order valence-electron chi connectivity index (χ1n) is 12.8. The Morgan fingerprint density at radius 2 is 1.43 bits per heavy atom. The third-order valence-electron chi connectivity index (χ3n) is 6.15. The molecule has 4 aromatic rings. The van der Waals surface area contributed by atoms with Gasteiger partial charge < -0.3 is 15.5 Å². The molecule has 2 N–H and O–H groups in total. The molecule has 0 unspecified atom stereocenters. The number of ketones is 1. The summed E-state index contributed by atoms with van der Waals surface area (Å²) >= 11 is 0. The average Bonchev–Trinajstić information content (AvgIpc) is 2.96. The van der Waals surface area contributed by atoms with E-state index in [1.165, 1.54) is 6.08 Å². The molecule has 0 heterocycles. The van der Waals surface area contributed by atoms with Crippen LogP contribution in [0.3, 0.4) is 0 Å². The molecule has 200 valence electrons. The van der Waals surface area contributed by atoms with Gasteiger partial charge in [0.1, 0.15) is 5.70 Å². The van der Waals surface area contributed by atoms with Crippen molar-refractivity contribution in [2.75, 3.05) is 24.3 Å². The lowest BCUT2D eigenvalue weighted by Gasteiger charge is -2.12. The van der Waals surface area contributed by atoms with E-state index in [1.807, 2.05) is 80.5 Å². The number of allylic oxidation sites excluding steroid dienone is 1. The zero-order chi connectivity index (χ0) is 28.5. The number of nitrogens with one attached hydrogen (secondary N) is 2. The highest BCUT2D eigenvalue weighted by Crippen LogP contribution is 2.16. The molecule has 2 amide bonds. The zero-order valence-corrected chi connectivity index (χ0v) is 22.7. The van der Waals surface area contributed by atoms with Gasteiger partial charge in [0, 0.05) is 36.6 Å². The van der Waals surface area contributed by atoms with Crippen LogP contribution in [0.25, 0.3) is 12.2 Å². The van der Waals surface area contributed by atoms with Crippen molar-refractivity contribution in [2.45, 2.75) is 6.92 Å².